The van der Waals surface area contributed by atoms with Gasteiger partial charge in [0.1, 0.15) is 11.5 Å². The van der Waals surface area contributed by atoms with Gasteiger partial charge < -0.3 is 19.5 Å². The molecule has 19 heavy (non-hydrogen) atoms. The van der Waals surface area contributed by atoms with Crippen molar-refractivity contribution < 1.29 is 19.5 Å². The Kier molecular flexibility index (Phi) is 3.08. The van der Waals surface area contributed by atoms with Gasteiger partial charge in [0, 0.05) is 24.7 Å². The highest BCUT2D eigenvalue weighted by Gasteiger charge is 2.19. The minimum atomic E-state index is -0.0473. The lowest BCUT2D eigenvalue weighted by atomic mass is 10.2. The monoisotopic (exact) mass is 262 g/mol. The third-order valence-electron chi connectivity index (χ3n) is 3.05. The van der Waals surface area contributed by atoms with Crippen LogP contribution in [0.4, 0.5) is 0 Å². The minimum Gasteiger partial charge on any atom is -0.508 e. The zero-order valence-electron chi connectivity index (χ0n) is 10.2. The Bertz CT molecular complexity index is 556. The fourth-order valence-corrected chi connectivity index (χ4v) is 2.18. The van der Waals surface area contributed by atoms with Crippen LogP contribution in [0.5, 0.6) is 11.5 Å². The van der Waals surface area contributed by atoms with Crippen molar-refractivity contribution in [3.05, 3.63) is 24.0 Å². The van der Waals surface area contributed by atoms with Crippen LogP contribution >= 0.6 is 0 Å². The van der Waals surface area contributed by atoms with Gasteiger partial charge in [0.05, 0.1) is 6.10 Å². The molecule has 1 saturated heterocycles. The van der Waals surface area contributed by atoms with Crippen LogP contribution in [0.3, 0.4) is 0 Å². The maximum absolute atomic E-state index is 9.42. The third-order valence-corrected chi connectivity index (χ3v) is 3.05. The number of phenolic OH excluding ortho intramolecular Hbond substituents is 2. The second-order valence-electron chi connectivity index (χ2n) is 4.59. The summed E-state index contributed by atoms with van der Waals surface area (Å²) in [5, 5.41) is 22.7. The molecule has 1 atom stereocenters. The SMILES string of the molecule is Oc1cc(O)cc(-c2nc(CC3CCCO3)no2)c1. The van der Waals surface area contributed by atoms with Crippen LogP contribution in [0.2, 0.25) is 0 Å². The van der Waals surface area contributed by atoms with E-state index in [1.165, 1.54) is 18.2 Å². The molecule has 0 radical (unpaired) electrons. The summed E-state index contributed by atoms with van der Waals surface area (Å²) in [7, 11) is 0. The highest BCUT2D eigenvalue weighted by atomic mass is 16.5. The molecule has 0 saturated carbocycles. The number of ether oxygens (including phenoxy) is 1. The zero-order chi connectivity index (χ0) is 13.2. The summed E-state index contributed by atoms with van der Waals surface area (Å²) in [5.74, 6) is 0.756. The van der Waals surface area contributed by atoms with Gasteiger partial charge >= 0.3 is 0 Å². The Balaban J connectivity index is 1.79. The van der Waals surface area contributed by atoms with Crippen molar-refractivity contribution >= 4 is 0 Å². The van der Waals surface area contributed by atoms with Gasteiger partial charge in [-0.2, -0.15) is 4.98 Å². The first-order chi connectivity index (χ1) is 9.20. The molecule has 1 aliphatic heterocycles. The lowest BCUT2D eigenvalue weighted by Crippen LogP contribution is -2.09. The predicted octanol–water partition coefficient (Wildman–Crippen LogP) is 1.87. The molecule has 1 fully saturated rings. The first-order valence-electron chi connectivity index (χ1n) is 6.18. The number of rotatable bonds is 3. The molecular formula is C13H14N2O4. The van der Waals surface area contributed by atoms with Crippen LogP contribution in [0, 0.1) is 0 Å². The summed E-state index contributed by atoms with van der Waals surface area (Å²) in [6.45, 7) is 0.788. The average Bonchev–Trinajstić information content (AvgIpc) is 2.99. The Labute approximate surface area is 109 Å². The van der Waals surface area contributed by atoms with E-state index in [1.807, 2.05) is 0 Å². The topological polar surface area (TPSA) is 88.6 Å². The molecule has 100 valence electrons. The summed E-state index contributed by atoms with van der Waals surface area (Å²) in [5.41, 5.74) is 0.489. The fraction of sp³-hybridized carbons (Fsp3) is 0.385. The Morgan fingerprint density at radius 2 is 2.00 bits per heavy atom. The van der Waals surface area contributed by atoms with Gasteiger partial charge in [0.2, 0.25) is 0 Å². The van der Waals surface area contributed by atoms with E-state index < -0.39 is 0 Å². The molecule has 2 N–H and O–H groups in total. The number of aromatic hydroxyl groups is 2. The van der Waals surface area contributed by atoms with Crippen molar-refractivity contribution in [3.63, 3.8) is 0 Å². The average molecular weight is 262 g/mol. The molecule has 1 aromatic carbocycles. The normalized spacial score (nSPS) is 18.8. The Hall–Kier alpha value is -2.08. The van der Waals surface area contributed by atoms with Crippen molar-refractivity contribution in [2.24, 2.45) is 0 Å². The highest BCUT2D eigenvalue weighted by Crippen LogP contribution is 2.27. The summed E-state index contributed by atoms with van der Waals surface area (Å²) in [6.07, 6.45) is 2.85. The third kappa shape index (κ3) is 2.68. The van der Waals surface area contributed by atoms with Crippen LogP contribution in [0.25, 0.3) is 11.5 Å². The second-order valence-corrected chi connectivity index (χ2v) is 4.59. The summed E-state index contributed by atoms with van der Waals surface area (Å²) < 4.78 is 10.6. The number of hydrogen-bond acceptors (Lipinski definition) is 6. The Morgan fingerprint density at radius 3 is 2.68 bits per heavy atom. The molecule has 0 amide bonds. The summed E-state index contributed by atoms with van der Waals surface area (Å²) >= 11 is 0. The molecule has 6 nitrogen and oxygen atoms in total. The van der Waals surface area contributed by atoms with Gasteiger partial charge in [-0.25, -0.2) is 0 Å². The van der Waals surface area contributed by atoms with Gasteiger partial charge in [-0.05, 0) is 25.0 Å². The van der Waals surface area contributed by atoms with Crippen molar-refractivity contribution in [2.45, 2.75) is 25.4 Å². The molecule has 2 heterocycles. The van der Waals surface area contributed by atoms with Gasteiger partial charge in [-0.3, -0.25) is 0 Å². The van der Waals surface area contributed by atoms with E-state index in [2.05, 4.69) is 10.1 Å². The standard InChI is InChI=1S/C13H14N2O4/c16-9-4-8(5-10(17)6-9)13-14-12(15-19-13)7-11-2-1-3-18-11/h4-6,11,16-17H,1-3,7H2. The van der Waals surface area contributed by atoms with Crippen LogP contribution in [0.1, 0.15) is 18.7 Å². The molecule has 1 unspecified atom stereocenters. The molecular weight excluding hydrogens is 248 g/mol. The molecule has 1 aliphatic rings. The lowest BCUT2D eigenvalue weighted by molar-refractivity contribution is 0.109. The minimum absolute atomic E-state index is 0.0473. The van der Waals surface area contributed by atoms with Gasteiger partial charge in [-0.1, -0.05) is 5.16 Å². The second kappa shape index (κ2) is 4.89. The van der Waals surface area contributed by atoms with Crippen LogP contribution in [-0.2, 0) is 11.2 Å². The summed E-state index contributed by atoms with van der Waals surface area (Å²) in [6, 6.07) is 4.17. The lowest BCUT2D eigenvalue weighted by Gasteiger charge is -2.03. The number of aromatic nitrogens is 2. The predicted molar refractivity (Wildman–Crippen MR) is 65.7 cm³/mol. The van der Waals surface area contributed by atoms with Crippen LogP contribution in [-0.4, -0.2) is 33.1 Å². The molecule has 6 heteroatoms. The quantitative estimate of drug-likeness (QED) is 0.877. The summed E-state index contributed by atoms with van der Waals surface area (Å²) in [4.78, 5) is 4.25. The first-order valence-corrected chi connectivity index (χ1v) is 6.18. The Morgan fingerprint density at radius 1 is 1.21 bits per heavy atom. The van der Waals surface area contributed by atoms with E-state index in [0.29, 0.717) is 17.8 Å². The van der Waals surface area contributed by atoms with Crippen molar-refractivity contribution in [2.75, 3.05) is 6.61 Å². The molecule has 0 spiro atoms. The van der Waals surface area contributed by atoms with E-state index in [4.69, 9.17) is 9.26 Å². The van der Waals surface area contributed by atoms with Gasteiger partial charge in [0.25, 0.3) is 5.89 Å². The number of nitrogens with zero attached hydrogens (tertiary/aromatic N) is 2. The number of hydrogen-bond donors (Lipinski definition) is 2. The maximum Gasteiger partial charge on any atom is 0.258 e. The van der Waals surface area contributed by atoms with Crippen molar-refractivity contribution in [1.29, 1.82) is 0 Å². The smallest absolute Gasteiger partial charge is 0.258 e. The van der Waals surface area contributed by atoms with Crippen molar-refractivity contribution in [3.8, 4) is 23.0 Å². The van der Waals surface area contributed by atoms with E-state index in [-0.39, 0.29) is 23.5 Å². The molecule has 1 aromatic heterocycles. The van der Waals surface area contributed by atoms with Crippen molar-refractivity contribution in [1.82, 2.24) is 10.1 Å². The largest absolute Gasteiger partial charge is 0.508 e. The van der Waals surface area contributed by atoms with E-state index in [0.717, 1.165) is 19.4 Å². The zero-order valence-corrected chi connectivity index (χ0v) is 10.2. The molecule has 0 aliphatic carbocycles. The first kappa shape index (κ1) is 12.0. The van der Waals surface area contributed by atoms with E-state index in [1.54, 1.807) is 0 Å². The van der Waals surface area contributed by atoms with E-state index in [9.17, 15) is 10.2 Å². The highest BCUT2D eigenvalue weighted by molar-refractivity contribution is 5.58. The van der Waals surface area contributed by atoms with Gasteiger partial charge in [0.15, 0.2) is 5.82 Å². The molecule has 2 aromatic rings. The molecule has 3 rings (SSSR count). The fourth-order valence-electron chi connectivity index (χ4n) is 2.18. The number of phenols is 2. The van der Waals surface area contributed by atoms with Gasteiger partial charge in [-0.15, -0.1) is 0 Å². The van der Waals surface area contributed by atoms with Crippen LogP contribution in [0.15, 0.2) is 22.7 Å². The molecule has 0 bridgehead atoms. The number of benzene rings is 1. The van der Waals surface area contributed by atoms with Crippen LogP contribution < -0.4 is 0 Å². The maximum atomic E-state index is 9.42. The van der Waals surface area contributed by atoms with E-state index >= 15 is 0 Å².